The zero-order chi connectivity index (χ0) is 17.5. The third-order valence-corrected chi connectivity index (χ3v) is 4.56. The average Bonchev–Trinajstić information content (AvgIpc) is 3.18. The van der Waals surface area contributed by atoms with Gasteiger partial charge in [-0.2, -0.15) is 5.10 Å². The molecule has 2 heterocycles. The molecule has 0 atom stereocenters. The molecule has 3 rings (SSSR count). The summed E-state index contributed by atoms with van der Waals surface area (Å²) in [6, 6.07) is 9.87. The first-order valence-corrected chi connectivity index (χ1v) is 8.94. The normalized spacial score (nSPS) is 15.5. The highest BCUT2D eigenvalue weighted by Gasteiger charge is 2.23. The Bertz CT molecular complexity index is 647. The van der Waals surface area contributed by atoms with Gasteiger partial charge >= 0.3 is 0 Å². The van der Waals surface area contributed by atoms with Crippen LogP contribution in [0.3, 0.4) is 0 Å². The van der Waals surface area contributed by atoms with Crippen molar-refractivity contribution in [1.29, 1.82) is 0 Å². The highest BCUT2D eigenvalue weighted by molar-refractivity contribution is 5.78. The monoisotopic (exact) mass is 342 g/mol. The van der Waals surface area contributed by atoms with Gasteiger partial charge in [-0.3, -0.25) is 4.79 Å². The van der Waals surface area contributed by atoms with Crippen molar-refractivity contribution in [3.05, 3.63) is 48.3 Å². The first kappa shape index (κ1) is 17.6. The van der Waals surface area contributed by atoms with Crippen LogP contribution >= 0.6 is 0 Å². The molecule has 1 aliphatic rings. The lowest BCUT2D eigenvalue weighted by Crippen LogP contribution is -2.41. The van der Waals surface area contributed by atoms with Gasteiger partial charge < -0.3 is 15.4 Å². The van der Waals surface area contributed by atoms with Crippen LogP contribution in [0.4, 0.5) is 0 Å². The Morgan fingerprint density at radius 1 is 1.24 bits per heavy atom. The second kappa shape index (κ2) is 8.78. The molecule has 1 aliphatic heterocycles. The van der Waals surface area contributed by atoms with Crippen molar-refractivity contribution in [2.75, 3.05) is 26.2 Å². The van der Waals surface area contributed by atoms with E-state index in [1.807, 2.05) is 41.4 Å². The van der Waals surface area contributed by atoms with Crippen molar-refractivity contribution in [3.8, 4) is 5.69 Å². The van der Waals surface area contributed by atoms with Gasteiger partial charge in [-0.15, -0.1) is 0 Å². The fourth-order valence-corrected chi connectivity index (χ4v) is 3.08. The molecular formula is C19H26N4O2. The number of carbonyl (C=O) groups is 1. The molecule has 0 radical (unpaired) electrons. The topological polar surface area (TPSA) is 73.4 Å². The predicted molar refractivity (Wildman–Crippen MR) is 96.5 cm³/mol. The number of hydrogen-bond donors (Lipinski definition) is 1. The number of benzene rings is 1. The van der Waals surface area contributed by atoms with Crippen LogP contribution < -0.4 is 5.73 Å². The van der Waals surface area contributed by atoms with Crippen LogP contribution in [0, 0.1) is 0 Å². The van der Waals surface area contributed by atoms with E-state index < -0.39 is 0 Å². The Labute approximate surface area is 148 Å². The van der Waals surface area contributed by atoms with Crippen LogP contribution in [-0.2, 0) is 16.0 Å². The maximum atomic E-state index is 12.5. The molecule has 1 aromatic heterocycles. The second-order valence-electron chi connectivity index (χ2n) is 6.39. The maximum absolute atomic E-state index is 12.5. The highest BCUT2D eigenvalue weighted by Crippen LogP contribution is 2.16. The number of likely N-dealkylation sites (tertiary alicyclic amines) is 1. The standard InChI is InChI=1S/C19H26N4O2/c20-9-1-14-25-18-7-12-22(13-8-18)19(24)15-16-3-5-17(6-4-16)23-11-2-10-21-23/h2-6,10-11,18H,1,7-9,12-15,20H2. The van der Waals surface area contributed by atoms with E-state index in [0.29, 0.717) is 13.0 Å². The smallest absolute Gasteiger partial charge is 0.226 e. The van der Waals surface area contributed by atoms with E-state index >= 15 is 0 Å². The maximum Gasteiger partial charge on any atom is 0.226 e. The largest absolute Gasteiger partial charge is 0.378 e. The summed E-state index contributed by atoms with van der Waals surface area (Å²) in [6.07, 6.45) is 7.08. The van der Waals surface area contributed by atoms with Gasteiger partial charge in [0.1, 0.15) is 0 Å². The van der Waals surface area contributed by atoms with Crippen molar-refractivity contribution in [1.82, 2.24) is 14.7 Å². The SMILES string of the molecule is NCCCOC1CCN(C(=O)Cc2ccc(-n3cccn3)cc2)CC1. The molecule has 6 heteroatoms. The minimum atomic E-state index is 0.187. The number of carbonyl (C=O) groups excluding carboxylic acids is 1. The van der Waals surface area contributed by atoms with Gasteiger partial charge in [-0.25, -0.2) is 4.68 Å². The summed E-state index contributed by atoms with van der Waals surface area (Å²) in [6.45, 7) is 2.93. The van der Waals surface area contributed by atoms with Crippen LogP contribution in [0.1, 0.15) is 24.8 Å². The molecule has 0 aliphatic carbocycles. The lowest BCUT2D eigenvalue weighted by Gasteiger charge is -2.32. The van der Waals surface area contributed by atoms with Crippen molar-refractivity contribution < 1.29 is 9.53 Å². The van der Waals surface area contributed by atoms with E-state index in [0.717, 1.165) is 50.2 Å². The van der Waals surface area contributed by atoms with E-state index in [-0.39, 0.29) is 12.0 Å². The number of aromatic nitrogens is 2. The highest BCUT2D eigenvalue weighted by atomic mass is 16.5. The quantitative estimate of drug-likeness (QED) is 0.778. The summed E-state index contributed by atoms with van der Waals surface area (Å²) in [5.41, 5.74) is 7.51. The van der Waals surface area contributed by atoms with Gasteiger partial charge in [-0.05, 0) is 49.6 Å². The third-order valence-electron chi connectivity index (χ3n) is 4.56. The van der Waals surface area contributed by atoms with Gasteiger partial charge in [-0.1, -0.05) is 12.1 Å². The fourth-order valence-electron chi connectivity index (χ4n) is 3.08. The number of hydrogen-bond acceptors (Lipinski definition) is 4. The second-order valence-corrected chi connectivity index (χ2v) is 6.39. The lowest BCUT2D eigenvalue weighted by molar-refractivity contribution is -0.133. The molecular weight excluding hydrogens is 316 g/mol. The first-order chi connectivity index (χ1) is 12.3. The summed E-state index contributed by atoms with van der Waals surface area (Å²) < 4.78 is 7.60. The Kier molecular flexibility index (Phi) is 6.19. The van der Waals surface area contributed by atoms with Gasteiger partial charge in [0.2, 0.25) is 5.91 Å². The number of nitrogens with two attached hydrogens (primary N) is 1. The summed E-state index contributed by atoms with van der Waals surface area (Å²) in [7, 11) is 0. The van der Waals surface area contributed by atoms with Gasteiger partial charge in [0.05, 0.1) is 18.2 Å². The zero-order valence-electron chi connectivity index (χ0n) is 14.5. The van der Waals surface area contributed by atoms with E-state index in [1.54, 1.807) is 10.9 Å². The molecule has 0 unspecified atom stereocenters. The van der Waals surface area contributed by atoms with Crippen LogP contribution in [0.25, 0.3) is 5.69 Å². The number of nitrogens with zero attached hydrogens (tertiary/aromatic N) is 3. The van der Waals surface area contributed by atoms with Crippen LogP contribution in [0.5, 0.6) is 0 Å². The number of amides is 1. The summed E-state index contributed by atoms with van der Waals surface area (Å²) in [4.78, 5) is 14.4. The molecule has 2 N–H and O–H groups in total. The third kappa shape index (κ3) is 4.90. The Morgan fingerprint density at radius 2 is 2.00 bits per heavy atom. The first-order valence-electron chi connectivity index (χ1n) is 8.94. The summed E-state index contributed by atoms with van der Waals surface area (Å²) in [5, 5.41) is 4.21. The molecule has 0 spiro atoms. The Hall–Kier alpha value is -2.18. The molecule has 2 aromatic rings. The molecule has 1 fully saturated rings. The van der Waals surface area contributed by atoms with Crippen LogP contribution in [0.2, 0.25) is 0 Å². The van der Waals surface area contributed by atoms with E-state index in [1.165, 1.54) is 0 Å². The molecule has 1 aromatic carbocycles. The van der Waals surface area contributed by atoms with Crippen molar-refractivity contribution in [2.24, 2.45) is 5.73 Å². The van der Waals surface area contributed by atoms with Crippen LogP contribution in [-0.4, -0.2) is 52.9 Å². The average molecular weight is 342 g/mol. The van der Waals surface area contributed by atoms with E-state index in [4.69, 9.17) is 10.5 Å². The van der Waals surface area contributed by atoms with E-state index in [9.17, 15) is 4.79 Å². The van der Waals surface area contributed by atoms with Crippen molar-refractivity contribution in [2.45, 2.75) is 31.8 Å². The summed E-state index contributed by atoms with van der Waals surface area (Å²) in [5.74, 6) is 0.187. The number of ether oxygens (including phenoxy) is 1. The minimum absolute atomic E-state index is 0.187. The molecule has 25 heavy (non-hydrogen) atoms. The predicted octanol–water partition coefficient (Wildman–Crippen LogP) is 1.77. The number of rotatable bonds is 7. The van der Waals surface area contributed by atoms with Gasteiger partial charge in [0.15, 0.2) is 0 Å². The molecule has 0 bridgehead atoms. The fraction of sp³-hybridized carbons (Fsp3) is 0.474. The lowest BCUT2D eigenvalue weighted by atomic mass is 10.1. The zero-order valence-corrected chi connectivity index (χ0v) is 14.5. The van der Waals surface area contributed by atoms with Crippen molar-refractivity contribution in [3.63, 3.8) is 0 Å². The van der Waals surface area contributed by atoms with Gasteiger partial charge in [0.25, 0.3) is 0 Å². The molecule has 134 valence electrons. The van der Waals surface area contributed by atoms with Gasteiger partial charge in [0, 0.05) is 32.1 Å². The minimum Gasteiger partial charge on any atom is -0.378 e. The Balaban J connectivity index is 1.46. The molecule has 1 amide bonds. The number of piperidine rings is 1. The van der Waals surface area contributed by atoms with Crippen LogP contribution in [0.15, 0.2) is 42.7 Å². The molecule has 6 nitrogen and oxygen atoms in total. The van der Waals surface area contributed by atoms with E-state index in [2.05, 4.69) is 5.10 Å². The molecule has 0 saturated carbocycles. The Morgan fingerprint density at radius 3 is 2.64 bits per heavy atom. The molecule has 1 saturated heterocycles. The van der Waals surface area contributed by atoms with Crippen molar-refractivity contribution >= 4 is 5.91 Å². The summed E-state index contributed by atoms with van der Waals surface area (Å²) >= 11 is 0.